The second-order valence-corrected chi connectivity index (χ2v) is 9.52. The lowest BCUT2D eigenvalue weighted by molar-refractivity contribution is -0.196. The Morgan fingerprint density at radius 3 is 2.64 bits per heavy atom. The molecule has 0 spiro atoms. The van der Waals surface area contributed by atoms with Crippen molar-refractivity contribution < 1.29 is 9.53 Å². The molecule has 25 heavy (non-hydrogen) atoms. The predicted octanol–water partition coefficient (Wildman–Crippen LogP) is 2.02. The maximum atomic E-state index is 13.3. The van der Waals surface area contributed by atoms with Gasteiger partial charge in [0.2, 0.25) is 5.91 Å². The van der Waals surface area contributed by atoms with Gasteiger partial charge in [-0.3, -0.25) is 4.79 Å². The summed E-state index contributed by atoms with van der Waals surface area (Å²) in [6.45, 7) is 4.39. The Morgan fingerprint density at radius 2 is 2.00 bits per heavy atom. The van der Waals surface area contributed by atoms with Crippen molar-refractivity contribution in [1.82, 2.24) is 4.90 Å². The topological polar surface area (TPSA) is 79.3 Å². The summed E-state index contributed by atoms with van der Waals surface area (Å²) in [7, 11) is 0. The number of amides is 1. The van der Waals surface area contributed by atoms with Gasteiger partial charge in [-0.05, 0) is 81.5 Å². The van der Waals surface area contributed by atoms with Crippen LogP contribution in [0.1, 0.15) is 51.4 Å². The van der Waals surface area contributed by atoms with Gasteiger partial charge < -0.3 is 15.4 Å². The van der Waals surface area contributed by atoms with Crippen LogP contribution in [0.5, 0.6) is 0 Å². The van der Waals surface area contributed by atoms with Crippen LogP contribution >= 0.6 is 0 Å². The fourth-order valence-electron chi connectivity index (χ4n) is 7.31. The SMILES string of the molecule is [CH2]CO[C@]12C[C@H]3C[C@H](C1)C[C@@]([C@H](N)C(=O)N1[C@H](C#N)C[C@@H]4C[C@@H]41)(C3)C2. The average Bonchev–Trinajstić information content (AvgIpc) is 3.22. The molecule has 5 heteroatoms. The molecule has 6 rings (SSSR count). The fourth-order valence-corrected chi connectivity index (χ4v) is 7.31. The van der Waals surface area contributed by atoms with Crippen molar-refractivity contribution >= 4 is 5.91 Å². The average molecular weight is 342 g/mol. The third-order valence-corrected chi connectivity index (χ3v) is 7.89. The number of nitrogens with zero attached hydrogens (tertiary/aromatic N) is 2. The van der Waals surface area contributed by atoms with Crippen LogP contribution in [0.3, 0.4) is 0 Å². The fraction of sp³-hybridized carbons (Fsp3) is 0.850. The minimum atomic E-state index is -0.485. The first kappa shape index (κ1) is 16.1. The van der Waals surface area contributed by atoms with Gasteiger partial charge in [-0.25, -0.2) is 0 Å². The van der Waals surface area contributed by atoms with E-state index in [0.717, 1.165) is 44.9 Å². The number of hydrogen-bond donors (Lipinski definition) is 1. The molecule has 135 valence electrons. The summed E-state index contributed by atoms with van der Waals surface area (Å²) in [5, 5.41) is 9.44. The molecule has 6 fully saturated rings. The van der Waals surface area contributed by atoms with E-state index in [9.17, 15) is 10.1 Å². The quantitative estimate of drug-likeness (QED) is 0.848. The van der Waals surface area contributed by atoms with Crippen molar-refractivity contribution in [2.75, 3.05) is 6.61 Å². The van der Waals surface area contributed by atoms with Crippen molar-refractivity contribution in [3.05, 3.63) is 6.92 Å². The highest BCUT2D eigenvalue weighted by molar-refractivity contribution is 5.84. The lowest BCUT2D eigenvalue weighted by Crippen LogP contribution is -2.65. The molecule has 5 nitrogen and oxygen atoms in total. The van der Waals surface area contributed by atoms with Crippen LogP contribution in [-0.4, -0.2) is 41.1 Å². The largest absolute Gasteiger partial charge is 0.375 e. The van der Waals surface area contributed by atoms with Crippen molar-refractivity contribution in [2.45, 2.75) is 75.1 Å². The summed E-state index contributed by atoms with van der Waals surface area (Å²) in [4.78, 5) is 15.2. The number of carbonyl (C=O) groups excluding carboxylic acids is 1. The molecule has 1 heterocycles. The van der Waals surface area contributed by atoms with Crippen LogP contribution < -0.4 is 5.73 Å². The molecule has 1 saturated heterocycles. The third-order valence-electron chi connectivity index (χ3n) is 7.89. The molecule has 0 aromatic heterocycles. The lowest BCUT2D eigenvalue weighted by Gasteiger charge is -2.63. The van der Waals surface area contributed by atoms with E-state index < -0.39 is 6.04 Å². The van der Waals surface area contributed by atoms with E-state index in [1.807, 2.05) is 4.90 Å². The zero-order valence-corrected chi connectivity index (χ0v) is 14.8. The van der Waals surface area contributed by atoms with Gasteiger partial charge in [0.1, 0.15) is 6.04 Å². The smallest absolute Gasteiger partial charge is 0.241 e. The highest BCUT2D eigenvalue weighted by Crippen LogP contribution is 2.64. The summed E-state index contributed by atoms with van der Waals surface area (Å²) in [6.07, 6.45) is 8.38. The van der Waals surface area contributed by atoms with E-state index in [4.69, 9.17) is 10.5 Å². The van der Waals surface area contributed by atoms with Crippen molar-refractivity contribution in [1.29, 1.82) is 5.26 Å². The predicted molar refractivity (Wildman–Crippen MR) is 91.9 cm³/mol. The Balaban J connectivity index is 1.42. The van der Waals surface area contributed by atoms with Gasteiger partial charge in [0.25, 0.3) is 0 Å². The number of nitrogens with two attached hydrogens (primary N) is 1. The zero-order chi connectivity index (χ0) is 17.4. The number of hydrogen-bond acceptors (Lipinski definition) is 4. The number of nitriles is 1. The molecule has 5 saturated carbocycles. The molecule has 1 amide bonds. The minimum absolute atomic E-state index is 0.0308. The number of rotatable bonds is 4. The summed E-state index contributed by atoms with van der Waals surface area (Å²) in [6, 6.07) is 1.86. The van der Waals surface area contributed by atoms with Crippen LogP contribution in [0.25, 0.3) is 0 Å². The Labute approximate surface area is 149 Å². The second-order valence-electron chi connectivity index (χ2n) is 9.52. The van der Waals surface area contributed by atoms with Crippen LogP contribution in [0.15, 0.2) is 0 Å². The van der Waals surface area contributed by atoms with Crippen molar-refractivity contribution in [2.24, 2.45) is 28.9 Å². The molecule has 2 N–H and O–H groups in total. The summed E-state index contributed by atoms with van der Waals surface area (Å²) >= 11 is 0. The number of fused-ring (bicyclic) bond motifs is 1. The van der Waals surface area contributed by atoms with Gasteiger partial charge in [-0.2, -0.15) is 5.26 Å². The summed E-state index contributed by atoms with van der Waals surface area (Å²) < 4.78 is 6.15. The monoisotopic (exact) mass is 342 g/mol. The molecule has 1 radical (unpaired) electrons. The summed E-state index contributed by atoms with van der Waals surface area (Å²) in [5.74, 6) is 1.83. The first-order chi connectivity index (χ1) is 12.0. The van der Waals surface area contributed by atoms with Gasteiger partial charge >= 0.3 is 0 Å². The van der Waals surface area contributed by atoms with Crippen molar-refractivity contribution in [3.63, 3.8) is 0 Å². The standard InChI is InChI=1S/C20H28N3O2/c1-2-25-20-8-12-3-13(9-20)7-19(6-12,11-20)17(22)18(24)23-15(10-21)4-14-5-16(14)23/h12-17H,1-9,11,22H2/t12-,13-,14+,15-,16-,17+,19-,20+/m0/s1. The Hall–Kier alpha value is -1.12. The normalized spacial score (nSPS) is 50.4. The van der Waals surface area contributed by atoms with E-state index >= 15 is 0 Å². The van der Waals surface area contributed by atoms with Crippen molar-refractivity contribution in [3.8, 4) is 6.07 Å². The number of piperidine rings is 1. The maximum absolute atomic E-state index is 13.3. The molecule has 6 atom stereocenters. The molecule has 0 aromatic rings. The molecule has 0 unspecified atom stereocenters. The molecule has 5 aliphatic carbocycles. The van der Waals surface area contributed by atoms with Gasteiger partial charge in [0.05, 0.1) is 17.7 Å². The molecule has 4 bridgehead atoms. The highest BCUT2D eigenvalue weighted by Gasteiger charge is 2.63. The van der Waals surface area contributed by atoms with E-state index in [1.165, 1.54) is 6.42 Å². The van der Waals surface area contributed by atoms with E-state index in [1.54, 1.807) is 0 Å². The third kappa shape index (κ3) is 2.23. The second kappa shape index (κ2) is 5.20. The number of likely N-dealkylation sites (tertiary alicyclic amines) is 1. The molecular formula is C20H28N3O2. The lowest BCUT2D eigenvalue weighted by atomic mass is 9.46. The van der Waals surface area contributed by atoms with E-state index in [0.29, 0.717) is 24.4 Å². The van der Waals surface area contributed by atoms with Crippen LogP contribution in [0.4, 0.5) is 0 Å². The maximum Gasteiger partial charge on any atom is 0.241 e. The summed E-state index contributed by atoms with van der Waals surface area (Å²) in [5.41, 5.74) is 6.44. The minimum Gasteiger partial charge on any atom is -0.375 e. The van der Waals surface area contributed by atoms with E-state index in [-0.39, 0.29) is 29.0 Å². The number of ether oxygens (including phenoxy) is 1. The zero-order valence-electron chi connectivity index (χ0n) is 14.8. The van der Waals surface area contributed by atoms with Gasteiger partial charge in [-0.15, -0.1) is 0 Å². The first-order valence-corrected chi connectivity index (χ1v) is 9.90. The Kier molecular flexibility index (Phi) is 3.35. The highest BCUT2D eigenvalue weighted by atomic mass is 16.5. The first-order valence-electron chi connectivity index (χ1n) is 9.90. The van der Waals surface area contributed by atoms with Gasteiger partial charge in [-0.1, -0.05) is 0 Å². The van der Waals surface area contributed by atoms with E-state index in [2.05, 4.69) is 13.0 Å². The van der Waals surface area contributed by atoms with Crippen LogP contribution in [0, 0.1) is 41.4 Å². The number of carbonyl (C=O) groups is 1. The molecular weight excluding hydrogens is 314 g/mol. The Morgan fingerprint density at radius 1 is 1.28 bits per heavy atom. The van der Waals surface area contributed by atoms with Crippen LogP contribution in [-0.2, 0) is 9.53 Å². The molecule has 1 aliphatic heterocycles. The van der Waals surface area contributed by atoms with Gasteiger partial charge in [0, 0.05) is 12.6 Å². The Bertz CT molecular complexity index is 627. The molecule has 0 aromatic carbocycles. The van der Waals surface area contributed by atoms with Crippen LogP contribution in [0.2, 0.25) is 0 Å². The molecule has 6 aliphatic rings. The van der Waals surface area contributed by atoms with Gasteiger partial charge in [0.15, 0.2) is 0 Å².